The van der Waals surface area contributed by atoms with E-state index in [0.717, 1.165) is 12.2 Å². The van der Waals surface area contributed by atoms with Gasteiger partial charge in [-0.2, -0.15) is 29.9 Å². The molecule has 0 aromatic carbocycles. The molecule has 98 valence electrons. The SMILES string of the molecule is CCCSCc1noc(CC(O)C(F)(F)F)n1. The molecule has 1 aromatic heterocycles. The minimum Gasteiger partial charge on any atom is -0.383 e. The molecular weight excluding hydrogens is 257 g/mol. The van der Waals surface area contributed by atoms with Crippen molar-refractivity contribution in [2.45, 2.75) is 37.8 Å². The molecule has 1 atom stereocenters. The van der Waals surface area contributed by atoms with Crippen LogP contribution in [0.1, 0.15) is 25.1 Å². The van der Waals surface area contributed by atoms with Crippen LogP contribution in [0.15, 0.2) is 4.52 Å². The first-order valence-electron chi connectivity index (χ1n) is 5.07. The van der Waals surface area contributed by atoms with Crippen LogP contribution in [0.3, 0.4) is 0 Å². The van der Waals surface area contributed by atoms with E-state index in [0.29, 0.717) is 11.6 Å². The number of thioether (sulfide) groups is 1. The molecule has 1 N–H and O–H groups in total. The van der Waals surface area contributed by atoms with Gasteiger partial charge in [0.1, 0.15) is 0 Å². The molecule has 1 heterocycles. The third-order valence-corrected chi connectivity index (χ3v) is 2.99. The van der Waals surface area contributed by atoms with Gasteiger partial charge in [0.05, 0.1) is 12.2 Å². The van der Waals surface area contributed by atoms with Gasteiger partial charge in [-0.25, -0.2) is 0 Å². The molecule has 0 saturated carbocycles. The minimum absolute atomic E-state index is 0.193. The van der Waals surface area contributed by atoms with Gasteiger partial charge in [0, 0.05) is 0 Å². The molecule has 0 aliphatic heterocycles. The number of aliphatic hydroxyl groups is 1. The van der Waals surface area contributed by atoms with Crippen molar-refractivity contribution in [2.75, 3.05) is 5.75 Å². The highest BCUT2D eigenvalue weighted by molar-refractivity contribution is 7.98. The predicted octanol–water partition coefficient (Wildman–Crippen LogP) is 2.18. The largest absolute Gasteiger partial charge is 0.414 e. The van der Waals surface area contributed by atoms with E-state index in [9.17, 15) is 13.2 Å². The molecule has 0 aliphatic rings. The number of alkyl halides is 3. The van der Waals surface area contributed by atoms with Crippen molar-refractivity contribution in [3.63, 3.8) is 0 Å². The van der Waals surface area contributed by atoms with Crippen molar-refractivity contribution >= 4 is 11.8 Å². The van der Waals surface area contributed by atoms with Gasteiger partial charge in [-0.3, -0.25) is 0 Å². The third kappa shape index (κ3) is 4.95. The monoisotopic (exact) mass is 270 g/mol. The Morgan fingerprint density at radius 2 is 2.18 bits per heavy atom. The third-order valence-electron chi connectivity index (χ3n) is 1.84. The van der Waals surface area contributed by atoms with Crippen LogP contribution >= 0.6 is 11.8 Å². The lowest BCUT2D eigenvalue weighted by Crippen LogP contribution is -2.30. The second kappa shape index (κ2) is 6.25. The lowest BCUT2D eigenvalue weighted by molar-refractivity contribution is -0.204. The molecular formula is C9H13F3N2O2S. The highest BCUT2D eigenvalue weighted by Gasteiger charge is 2.39. The first-order chi connectivity index (χ1) is 7.93. The fourth-order valence-corrected chi connectivity index (χ4v) is 1.75. The van der Waals surface area contributed by atoms with Crippen LogP contribution in [-0.4, -0.2) is 33.3 Å². The Hall–Kier alpha value is -0.760. The minimum atomic E-state index is -4.66. The lowest BCUT2D eigenvalue weighted by Gasteiger charge is -2.11. The molecule has 1 rings (SSSR count). The van der Waals surface area contributed by atoms with Gasteiger partial charge in [0.2, 0.25) is 5.89 Å². The second-order valence-corrected chi connectivity index (χ2v) is 4.52. The maximum atomic E-state index is 12.0. The van der Waals surface area contributed by atoms with Crippen molar-refractivity contribution in [3.8, 4) is 0 Å². The van der Waals surface area contributed by atoms with Gasteiger partial charge in [0.25, 0.3) is 0 Å². The summed E-state index contributed by atoms with van der Waals surface area (Å²) in [4.78, 5) is 3.78. The first kappa shape index (κ1) is 14.3. The van der Waals surface area contributed by atoms with Gasteiger partial charge in [0.15, 0.2) is 11.9 Å². The van der Waals surface area contributed by atoms with E-state index in [4.69, 9.17) is 5.11 Å². The van der Waals surface area contributed by atoms with Crippen LogP contribution in [-0.2, 0) is 12.2 Å². The normalized spacial score (nSPS) is 13.9. The van der Waals surface area contributed by atoms with E-state index >= 15 is 0 Å². The van der Waals surface area contributed by atoms with Gasteiger partial charge in [-0.15, -0.1) is 0 Å². The van der Waals surface area contributed by atoms with Crippen LogP contribution in [0.2, 0.25) is 0 Å². The maximum absolute atomic E-state index is 12.0. The average Bonchev–Trinajstić information content (AvgIpc) is 2.65. The number of aromatic nitrogens is 2. The van der Waals surface area contributed by atoms with E-state index < -0.39 is 18.7 Å². The molecule has 4 nitrogen and oxygen atoms in total. The maximum Gasteiger partial charge on any atom is 0.414 e. The van der Waals surface area contributed by atoms with Gasteiger partial charge in [-0.05, 0) is 12.2 Å². The van der Waals surface area contributed by atoms with Gasteiger partial charge in [-0.1, -0.05) is 12.1 Å². The zero-order chi connectivity index (χ0) is 12.9. The van der Waals surface area contributed by atoms with Crippen molar-refractivity contribution in [1.82, 2.24) is 10.1 Å². The van der Waals surface area contributed by atoms with Crippen LogP contribution in [0, 0.1) is 0 Å². The molecule has 17 heavy (non-hydrogen) atoms. The molecule has 0 spiro atoms. The highest BCUT2D eigenvalue weighted by Crippen LogP contribution is 2.22. The van der Waals surface area contributed by atoms with E-state index in [1.54, 1.807) is 11.8 Å². The Bertz CT molecular complexity index is 343. The van der Waals surface area contributed by atoms with Crippen LogP contribution < -0.4 is 0 Å². The molecule has 1 aromatic rings. The standard InChI is InChI=1S/C9H13F3N2O2S/c1-2-3-17-5-7-13-8(16-14-7)4-6(15)9(10,11)12/h6,15H,2-5H2,1H3. The number of aliphatic hydroxyl groups excluding tert-OH is 1. The van der Waals surface area contributed by atoms with Gasteiger partial charge < -0.3 is 9.63 Å². The Labute approximate surface area is 101 Å². The molecule has 0 amide bonds. The van der Waals surface area contributed by atoms with Crippen LogP contribution in [0.5, 0.6) is 0 Å². The van der Waals surface area contributed by atoms with Crippen molar-refractivity contribution in [2.24, 2.45) is 0 Å². The Morgan fingerprint density at radius 3 is 2.76 bits per heavy atom. The van der Waals surface area contributed by atoms with E-state index in [1.165, 1.54) is 0 Å². The summed E-state index contributed by atoms with van der Waals surface area (Å²) in [7, 11) is 0. The number of halogens is 3. The Morgan fingerprint density at radius 1 is 1.47 bits per heavy atom. The fourth-order valence-electron chi connectivity index (χ4n) is 1.02. The molecule has 1 unspecified atom stereocenters. The van der Waals surface area contributed by atoms with Crippen LogP contribution in [0.25, 0.3) is 0 Å². The summed E-state index contributed by atoms with van der Waals surface area (Å²) < 4.78 is 40.8. The molecule has 0 aliphatic carbocycles. The summed E-state index contributed by atoms with van der Waals surface area (Å²) in [6.07, 6.45) is -6.82. The molecule has 8 heteroatoms. The van der Waals surface area contributed by atoms with E-state index in [1.807, 2.05) is 6.92 Å². The summed E-state index contributed by atoms with van der Waals surface area (Å²) >= 11 is 1.57. The molecule has 0 fully saturated rings. The highest BCUT2D eigenvalue weighted by atomic mass is 32.2. The van der Waals surface area contributed by atoms with Crippen molar-refractivity contribution in [3.05, 3.63) is 11.7 Å². The quantitative estimate of drug-likeness (QED) is 0.803. The number of hydrogen-bond donors (Lipinski definition) is 1. The molecule has 0 radical (unpaired) electrons. The predicted molar refractivity (Wildman–Crippen MR) is 56.5 cm³/mol. The smallest absolute Gasteiger partial charge is 0.383 e. The molecule has 0 saturated heterocycles. The number of nitrogens with zero attached hydrogens (tertiary/aromatic N) is 2. The zero-order valence-corrected chi connectivity index (χ0v) is 10.0. The lowest BCUT2D eigenvalue weighted by atomic mass is 10.2. The average molecular weight is 270 g/mol. The fraction of sp³-hybridized carbons (Fsp3) is 0.778. The Kier molecular flexibility index (Phi) is 5.26. The Balaban J connectivity index is 2.45. The molecule has 0 bridgehead atoms. The summed E-state index contributed by atoms with van der Waals surface area (Å²) in [6, 6.07) is 0. The topological polar surface area (TPSA) is 59.2 Å². The number of hydrogen-bond acceptors (Lipinski definition) is 5. The zero-order valence-electron chi connectivity index (χ0n) is 9.20. The second-order valence-electron chi connectivity index (χ2n) is 3.42. The van der Waals surface area contributed by atoms with Crippen molar-refractivity contribution in [1.29, 1.82) is 0 Å². The van der Waals surface area contributed by atoms with E-state index in [2.05, 4.69) is 14.7 Å². The first-order valence-corrected chi connectivity index (χ1v) is 6.23. The van der Waals surface area contributed by atoms with Crippen molar-refractivity contribution < 1.29 is 22.8 Å². The summed E-state index contributed by atoms with van der Waals surface area (Å²) in [5, 5.41) is 12.3. The van der Waals surface area contributed by atoms with Gasteiger partial charge >= 0.3 is 6.18 Å². The summed E-state index contributed by atoms with van der Waals surface area (Å²) in [6.45, 7) is 2.02. The van der Waals surface area contributed by atoms with Crippen LogP contribution in [0.4, 0.5) is 13.2 Å². The summed E-state index contributed by atoms with van der Waals surface area (Å²) in [5.74, 6) is 1.59. The number of rotatable bonds is 6. The van der Waals surface area contributed by atoms with E-state index in [-0.39, 0.29) is 5.89 Å². The summed E-state index contributed by atoms with van der Waals surface area (Å²) in [5.41, 5.74) is 0.